The fourth-order valence-electron chi connectivity index (χ4n) is 2.04. The summed E-state index contributed by atoms with van der Waals surface area (Å²) in [7, 11) is 0. The van der Waals surface area contributed by atoms with Crippen molar-refractivity contribution in [2.24, 2.45) is 5.73 Å². The topological polar surface area (TPSA) is 49.8 Å². The van der Waals surface area contributed by atoms with Crippen LogP contribution in [0.2, 0.25) is 0 Å². The Morgan fingerprint density at radius 1 is 1.47 bits per heavy atom. The maximum absolute atomic E-state index is 12.9. The summed E-state index contributed by atoms with van der Waals surface area (Å²) in [5.74, 6) is -2.59. The standard InChI is InChI=1S/C10H10F2N2S/c11-10(12)4-9(5-10,6-14)8-2-1-7(3-13)15-8/h1-2H,4-6,14H2. The highest BCUT2D eigenvalue weighted by Crippen LogP contribution is 2.54. The fraction of sp³-hybridized carbons (Fsp3) is 0.500. The average Bonchev–Trinajstić information content (AvgIpc) is 2.61. The van der Waals surface area contributed by atoms with Crippen LogP contribution in [-0.4, -0.2) is 12.5 Å². The van der Waals surface area contributed by atoms with Gasteiger partial charge >= 0.3 is 0 Å². The quantitative estimate of drug-likeness (QED) is 0.844. The molecule has 1 aliphatic carbocycles. The van der Waals surface area contributed by atoms with Crippen molar-refractivity contribution in [2.75, 3.05) is 6.54 Å². The molecule has 0 amide bonds. The van der Waals surface area contributed by atoms with Gasteiger partial charge in [0.2, 0.25) is 5.92 Å². The van der Waals surface area contributed by atoms with Crippen molar-refractivity contribution in [2.45, 2.75) is 24.2 Å². The third-order valence-electron chi connectivity index (χ3n) is 2.82. The Labute approximate surface area is 90.3 Å². The van der Waals surface area contributed by atoms with Crippen LogP contribution in [-0.2, 0) is 5.41 Å². The minimum absolute atomic E-state index is 0.193. The van der Waals surface area contributed by atoms with E-state index in [0.29, 0.717) is 4.88 Å². The van der Waals surface area contributed by atoms with E-state index in [4.69, 9.17) is 11.0 Å². The lowest BCUT2D eigenvalue weighted by molar-refractivity contribution is -0.122. The van der Waals surface area contributed by atoms with Gasteiger partial charge in [0.1, 0.15) is 10.9 Å². The van der Waals surface area contributed by atoms with Gasteiger partial charge in [-0.1, -0.05) is 0 Å². The summed E-state index contributed by atoms with van der Waals surface area (Å²) in [5, 5.41) is 8.66. The highest BCUT2D eigenvalue weighted by Gasteiger charge is 2.57. The van der Waals surface area contributed by atoms with Crippen LogP contribution in [0.1, 0.15) is 22.6 Å². The van der Waals surface area contributed by atoms with Crippen molar-refractivity contribution in [1.82, 2.24) is 0 Å². The van der Waals surface area contributed by atoms with Crippen LogP contribution in [0.5, 0.6) is 0 Å². The molecular weight excluding hydrogens is 218 g/mol. The summed E-state index contributed by atoms with van der Waals surface area (Å²) in [6.07, 6.45) is -0.385. The summed E-state index contributed by atoms with van der Waals surface area (Å²) in [5.41, 5.74) is 4.97. The van der Waals surface area contributed by atoms with E-state index in [2.05, 4.69) is 0 Å². The van der Waals surface area contributed by atoms with Crippen molar-refractivity contribution in [3.8, 4) is 6.07 Å². The monoisotopic (exact) mass is 228 g/mol. The molecule has 1 saturated carbocycles. The molecule has 1 fully saturated rings. The molecule has 1 aromatic heterocycles. The zero-order chi connectivity index (χ0) is 11.1. The molecule has 0 aromatic carbocycles. The van der Waals surface area contributed by atoms with E-state index < -0.39 is 11.3 Å². The molecule has 5 heteroatoms. The second-order valence-electron chi connectivity index (χ2n) is 3.97. The average molecular weight is 228 g/mol. The smallest absolute Gasteiger partial charge is 0.250 e. The van der Waals surface area contributed by atoms with E-state index >= 15 is 0 Å². The van der Waals surface area contributed by atoms with Crippen LogP contribution in [0.15, 0.2) is 12.1 Å². The molecule has 80 valence electrons. The van der Waals surface area contributed by atoms with E-state index in [9.17, 15) is 8.78 Å². The van der Waals surface area contributed by atoms with Gasteiger partial charge < -0.3 is 5.73 Å². The van der Waals surface area contributed by atoms with Gasteiger partial charge in [-0.25, -0.2) is 8.78 Å². The normalized spacial score (nSPS) is 21.7. The SMILES string of the molecule is N#Cc1ccc(C2(CN)CC(F)(F)C2)s1. The van der Waals surface area contributed by atoms with E-state index in [1.54, 1.807) is 12.1 Å². The molecule has 1 heterocycles. The Kier molecular flexibility index (Phi) is 2.28. The number of halogens is 2. The Bertz CT molecular complexity index is 411. The number of alkyl halides is 2. The van der Waals surface area contributed by atoms with Gasteiger partial charge in [0, 0.05) is 29.7 Å². The van der Waals surface area contributed by atoms with Crippen LogP contribution >= 0.6 is 11.3 Å². The van der Waals surface area contributed by atoms with Crippen molar-refractivity contribution in [3.05, 3.63) is 21.9 Å². The number of thiophene rings is 1. The van der Waals surface area contributed by atoms with Crippen molar-refractivity contribution < 1.29 is 8.78 Å². The van der Waals surface area contributed by atoms with E-state index in [1.165, 1.54) is 11.3 Å². The first-order valence-corrected chi connectivity index (χ1v) is 5.41. The van der Waals surface area contributed by atoms with Crippen LogP contribution in [0.3, 0.4) is 0 Å². The predicted molar refractivity (Wildman–Crippen MR) is 53.9 cm³/mol. The molecule has 0 radical (unpaired) electrons. The minimum atomic E-state index is -2.59. The second kappa shape index (κ2) is 3.26. The molecule has 2 nitrogen and oxygen atoms in total. The van der Waals surface area contributed by atoms with Gasteiger partial charge in [-0.3, -0.25) is 0 Å². The molecule has 2 rings (SSSR count). The molecule has 0 unspecified atom stereocenters. The largest absolute Gasteiger partial charge is 0.330 e. The number of hydrogen-bond donors (Lipinski definition) is 1. The van der Waals surface area contributed by atoms with Crippen LogP contribution in [0, 0.1) is 11.3 Å². The third kappa shape index (κ3) is 1.64. The van der Waals surface area contributed by atoms with Gasteiger partial charge in [0.05, 0.1) is 0 Å². The lowest BCUT2D eigenvalue weighted by Gasteiger charge is -2.46. The first-order chi connectivity index (χ1) is 7.01. The van der Waals surface area contributed by atoms with Crippen molar-refractivity contribution in [1.29, 1.82) is 5.26 Å². The van der Waals surface area contributed by atoms with Gasteiger partial charge in [0.25, 0.3) is 0 Å². The molecule has 1 aromatic rings. The Hall–Kier alpha value is -0.990. The van der Waals surface area contributed by atoms with E-state index in [1.807, 2.05) is 6.07 Å². The molecule has 0 atom stereocenters. The molecule has 0 spiro atoms. The Morgan fingerprint density at radius 2 is 2.13 bits per heavy atom. The summed E-state index contributed by atoms with van der Waals surface area (Å²) in [4.78, 5) is 1.36. The molecule has 0 bridgehead atoms. The number of nitrogens with two attached hydrogens (primary N) is 1. The third-order valence-corrected chi connectivity index (χ3v) is 4.06. The summed E-state index contributed by atoms with van der Waals surface area (Å²) in [6.45, 7) is 0.216. The van der Waals surface area contributed by atoms with Crippen molar-refractivity contribution >= 4 is 11.3 Å². The molecule has 0 saturated heterocycles. The zero-order valence-electron chi connectivity index (χ0n) is 7.96. The lowest BCUT2D eigenvalue weighted by Crippen LogP contribution is -2.53. The van der Waals surface area contributed by atoms with Gasteiger partial charge in [-0.15, -0.1) is 11.3 Å². The highest BCUT2D eigenvalue weighted by atomic mass is 32.1. The Morgan fingerprint density at radius 3 is 2.53 bits per heavy atom. The second-order valence-corrected chi connectivity index (χ2v) is 5.05. The molecule has 0 aliphatic heterocycles. The molecular formula is C10H10F2N2S. The first-order valence-electron chi connectivity index (χ1n) is 4.60. The van der Waals surface area contributed by atoms with Crippen LogP contribution in [0.4, 0.5) is 8.78 Å². The number of nitrogens with zero attached hydrogens (tertiary/aromatic N) is 1. The van der Waals surface area contributed by atoms with Crippen molar-refractivity contribution in [3.63, 3.8) is 0 Å². The van der Waals surface area contributed by atoms with Gasteiger partial charge in [-0.05, 0) is 12.1 Å². The van der Waals surface area contributed by atoms with Gasteiger partial charge in [-0.2, -0.15) is 5.26 Å². The predicted octanol–water partition coefficient (Wildman–Crippen LogP) is 2.25. The Balaban J connectivity index is 2.26. The maximum Gasteiger partial charge on any atom is 0.250 e. The summed E-state index contributed by atoms with van der Waals surface area (Å²) in [6, 6.07) is 5.40. The number of nitriles is 1. The zero-order valence-corrected chi connectivity index (χ0v) is 8.78. The summed E-state index contributed by atoms with van der Waals surface area (Å²) >= 11 is 1.27. The van der Waals surface area contributed by atoms with Crippen LogP contribution in [0.25, 0.3) is 0 Å². The molecule has 2 N–H and O–H groups in total. The number of rotatable bonds is 2. The minimum Gasteiger partial charge on any atom is -0.330 e. The number of hydrogen-bond acceptors (Lipinski definition) is 3. The first kappa shape index (κ1) is 10.5. The van der Waals surface area contributed by atoms with Gasteiger partial charge in [0.15, 0.2) is 0 Å². The summed E-state index contributed by atoms with van der Waals surface area (Å²) < 4.78 is 25.8. The molecule has 1 aliphatic rings. The highest BCUT2D eigenvalue weighted by molar-refractivity contribution is 7.12. The van der Waals surface area contributed by atoms with E-state index in [0.717, 1.165) is 4.88 Å². The fourth-order valence-corrected chi connectivity index (χ4v) is 3.04. The lowest BCUT2D eigenvalue weighted by atomic mass is 9.65. The molecule has 15 heavy (non-hydrogen) atoms. The van der Waals surface area contributed by atoms with Crippen LogP contribution < -0.4 is 5.73 Å². The maximum atomic E-state index is 12.9. The van der Waals surface area contributed by atoms with E-state index in [-0.39, 0.29) is 19.4 Å².